The van der Waals surface area contributed by atoms with Gasteiger partial charge < -0.3 is 0 Å². The van der Waals surface area contributed by atoms with E-state index in [0.717, 1.165) is 17.8 Å². The zero-order valence-corrected chi connectivity index (χ0v) is 10.4. The van der Waals surface area contributed by atoms with E-state index in [1.807, 2.05) is 0 Å². The molecule has 20 heavy (non-hydrogen) atoms. The van der Waals surface area contributed by atoms with Gasteiger partial charge >= 0.3 is 6.18 Å². The van der Waals surface area contributed by atoms with E-state index >= 15 is 0 Å². The number of hydrogen-bond acceptors (Lipinski definition) is 2. The molecule has 1 aliphatic rings. The van der Waals surface area contributed by atoms with Crippen LogP contribution in [0.4, 0.5) is 13.2 Å². The monoisotopic (exact) mass is 277 g/mol. The molecule has 2 nitrogen and oxygen atoms in total. The Hall–Kier alpha value is -2.17. The lowest BCUT2D eigenvalue weighted by atomic mass is 9.98. The van der Waals surface area contributed by atoms with Crippen LogP contribution in [0.15, 0.2) is 36.7 Å². The highest BCUT2D eigenvalue weighted by molar-refractivity contribution is 6.01. The van der Waals surface area contributed by atoms with Crippen LogP contribution >= 0.6 is 0 Å². The highest BCUT2D eigenvalue weighted by Crippen LogP contribution is 2.37. The van der Waals surface area contributed by atoms with Crippen molar-refractivity contribution in [3.8, 4) is 11.1 Å². The maximum atomic E-state index is 13.0. The highest BCUT2D eigenvalue weighted by atomic mass is 19.4. The first kappa shape index (κ1) is 12.8. The van der Waals surface area contributed by atoms with Gasteiger partial charge in [-0.15, -0.1) is 0 Å². The second-order valence-electron chi connectivity index (χ2n) is 4.71. The molecule has 0 bridgehead atoms. The van der Waals surface area contributed by atoms with Crippen LogP contribution in [0.2, 0.25) is 0 Å². The van der Waals surface area contributed by atoms with Crippen LogP contribution in [0.5, 0.6) is 0 Å². The molecule has 5 heteroatoms. The standard InChI is InChI=1S/C15H10F3NO/c16-15(17,18)13-5-6-19-8-12(13)10-1-3-11-9(7-10)2-4-14(11)20/h1,3,5-8H,2,4H2. The number of nitrogens with zero attached hydrogens (tertiary/aromatic N) is 1. The molecule has 0 atom stereocenters. The van der Waals surface area contributed by atoms with Crippen molar-refractivity contribution in [1.29, 1.82) is 0 Å². The first-order chi connectivity index (χ1) is 9.47. The Morgan fingerprint density at radius 2 is 1.85 bits per heavy atom. The van der Waals surface area contributed by atoms with Crippen LogP contribution in [0.3, 0.4) is 0 Å². The quantitative estimate of drug-likeness (QED) is 0.791. The number of aromatic nitrogens is 1. The fraction of sp³-hybridized carbons (Fsp3) is 0.200. The van der Waals surface area contributed by atoms with Crippen molar-refractivity contribution in [3.63, 3.8) is 0 Å². The maximum absolute atomic E-state index is 13.0. The van der Waals surface area contributed by atoms with Crippen LogP contribution in [0.1, 0.15) is 27.9 Å². The smallest absolute Gasteiger partial charge is 0.294 e. The van der Waals surface area contributed by atoms with Gasteiger partial charge in [0, 0.05) is 29.9 Å². The summed E-state index contributed by atoms with van der Waals surface area (Å²) in [6.07, 6.45) is -1.07. The molecule has 0 fully saturated rings. The third-order valence-electron chi connectivity index (χ3n) is 3.46. The molecule has 0 unspecified atom stereocenters. The van der Waals surface area contributed by atoms with E-state index in [0.29, 0.717) is 24.0 Å². The molecule has 1 heterocycles. The van der Waals surface area contributed by atoms with Crippen molar-refractivity contribution in [1.82, 2.24) is 4.98 Å². The third kappa shape index (κ3) is 2.09. The van der Waals surface area contributed by atoms with Crippen LogP contribution in [0, 0.1) is 0 Å². The number of aryl methyl sites for hydroxylation is 1. The van der Waals surface area contributed by atoms with E-state index < -0.39 is 11.7 Å². The van der Waals surface area contributed by atoms with Gasteiger partial charge in [0.15, 0.2) is 5.78 Å². The van der Waals surface area contributed by atoms with Crippen LogP contribution < -0.4 is 0 Å². The molecule has 1 aliphatic carbocycles. The van der Waals surface area contributed by atoms with Gasteiger partial charge in [-0.1, -0.05) is 18.2 Å². The Kier molecular flexibility index (Phi) is 2.85. The van der Waals surface area contributed by atoms with Gasteiger partial charge in [0.2, 0.25) is 0 Å². The molecular formula is C15H10F3NO. The molecule has 1 aromatic carbocycles. The number of pyridine rings is 1. The van der Waals surface area contributed by atoms with Gasteiger partial charge in [-0.25, -0.2) is 0 Å². The summed E-state index contributed by atoms with van der Waals surface area (Å²) < 4.78 is 39.0. The lowest BCUT2D eigenvalue weighted by Crippen LogP contribution is -2.07. The summed E-state index contributed by atoms with van der Waals surface area (Å²) in [7, 11) is 0. The Labute approximate surface area is 113 Å². The molecule has 0 N–H and O–H groups in total. The number of halogens is 3. The van der Waals surface area contributed by atoms with E-state index in [4.69, 9.17) is 0 Å². The van der Waals surface area contributed by atoms with Gasteiger partial charge in [-0.05, 0) is 23.6 Å². The largest absolute Gasteiger partial charge is 0.417 e. The van der Waals surface area contributed by atoms with Gasteiger partial charge in [0.25, 0.3) is 0 Å². The van der Waals surface area contributed by atoms with E-state index in [9.17, 15) is 18.0 Å². The summed E-state index contributed by atoms with van der Waals surface area (Å²) in [6, 6.07) is 5.78. The lowest BCUT2D eigenvalue weighted by molar-refractivity contribution is -0.137. The first-order valence-electron chi connectivity index (χ1n) is 6.14. The number of Topliss-reactive ketones (excluding diaryl/α,β-unsaturated/α-hetero) is 1. The molecule has 1 aromatic heterocycles. The van der Waals surface area contributed by atoms with Crippen molar-refractivity contribution in [2.45, 2.75) is 19.0 Å². The average molecular weight is 277 g/mol. The zero-order chi connectivity index (χ0) is 14.3. The molecule has 2 aromatic rings. The average Bonchev–Trinajstić information content (AvgIpc) is 2.79. The number of carbonyl (C=O) groups is 1. The van der Waals surface area contributed by atoms with Crippen molar-refractivity contribution in [2.75, 3.05) is 0 Å². The molecule has 0 saturated heterocycles. The summed E-state index contributed by atoms with van der Waals surface area (Å²) in [4.78, 5) is 15.3. The number of hydrogen-bond donors (Lipinski definition) is 0. The molecule has 0 spiro atoms. The minimum Gasteiger partial charge on any atom is -0.294 e. The first-order valence-corrected chi connectivity index (χ1v) is 6.14. The molecule has 0 amide bonds. The Morgan fingerprint density at radius 1 is 1.05 bits per heavy atom. The minimum absolute atomic E-state index is 0.0437. The molecule has 0 saturated carbocycles. The summed E-state index contributed by atoms with van der Waals surface area (Å²) in [6.45, 7) is 0. The van der Waals surface area contributed by atoms with Gasteiger partial charge in [-0.3, -0.25) is 9.78 Å². The number of benzene rings is 1. The Balaban J connectivity index is 2.13. The number of alkyl halides is 3. The fourth-order valence-corrected chi connectivity index (χ4v) is 2.49. The Bertz CT molecular complexity index is 692. The predicted octanol–water partition coefficient (Wildman–Crippen LogP) is 3.90. The molecule has 0 radical (unpaired) electrons. The molecular weight excluding hydrogens is 267 g/mol. The van der Waals surface area contributed by atoms with E-state index in [1.54, 1.807) is 18.2 Å². The van der Waals surface area contributed by atoms with Crippen molar-refractivity contribution < 1.29 is 18.0 Å². The van der Waals surface area contributed by atoms with Crippen molar-refractivity contribution >= 4 is 5.78 Å². The summed E-state index contributed by atoms with van der Waals surface area (Å²) in [5, 5.41) is 0. The van der Waals surface area contributed by atoms with Crippen molar-refractivity contribution in [3.05, 3.63) is 53.3 Å². The van der Waals surface area contributed by atoms with Crippen molar-refractivity contribution in [2.24, 2.45) is 0 Å². The van der Waals surface area contributed by atoms with E-state index in [2.05, 4.69) is 4.98 Å². The Morgan fingerprint density at radius 3 is 2.60 bits per heavy atom. The molecule has 3 rings (SSSR count). The second kappa shape index (κ2) is 4.44. The second-order valence-corrected chi connectivity index (χ2v) is 4.71. The predicted molar refractivity (Wildman–Crippen MR) is 67.3 cm³/mol. The van der Waals surface area contributed by atoms with Crippen LogP contribution in [0.25, 0.3) is 11.1 Å². The van der Waals surface area contributed by atoms with Gasteiger partial charge in [0.05, 0.1) is 5.56 Å². The highest BCUT2D eigenvalue weighted by Gasteiger charge is 2.34. The zero-order valence-electron chi connectivity index (χ0n) is 10.4. The number of rotatable bonds is 1. The van der Waals surface area contributed by atoms with Gasteiger partial charge in [-0.2, -0.15) is 13.2 Å². The van der Waals surface area contributed by atoms with Crippen LogP contribution in [-0.2, 0) is 12.6 Å². The number of fused-ring (bicyclic) bond motifs is 1. The van der Waals surface area contributed by atoms with Crippen LogP contribution in [-0.4, -0.2) is 10.8 Å². The molecule has 102 valence electrons. The minimum atomic E-state index is -4.42. The summed E-state index contributed by atoms with van der Waals surface area (Å²) >= 11 is 0. The number of ketones is 1. The lowest BCUT2D eigenvalue weighted by Gasteiger charge is -2.13. The summed E-state index contributed by atoms with van der Waals surface area (Å²) in [5.74, 6) is 0.0498. The van der Waals surface area contributed by atoms with E-state index in [1.165, 1.54) is 6.20 Å². The van der Waals surface area contributed by atoms with Gasteiger partial charge in [0.1, 0.15) is 0 Å². The fourth-order valence-electron chi connectivity index (χ4n) is 2.49. The normalized spacial score (nSPS) is 14.4. The summed E-state index contributed by atoms with van der Waals surface area (Å²) in [5.41, 5.74) is 1.20. The van der Waals surface area contributed by atoms with E-state index in [-0.39, 0.29) is 11.3 Å². The molecule has 0 aliphatic heterocycles. The third-order valence-corrected chi connectivity index (χ3v) is 3.46. The SMILES string of the molecule is O=C1CCc2cc(-c3cnccc3C(F)(F)F)ccc21. The topological polar surface area (TPSA) is 30.0 Å². The maximum Gasteiger partial charge on any atom is 0.417 e. The number of carbonyl (C=O) groups excluding carboxylic acids is 1.